The molecule has 0 saturated carbocycles. The Labute approximate surface area is 182 Å². The summed E-state index contributed by atoms with van der Waals surface area (Å²) in [7, 11) is 0. The van der Waals surface area contributed by atoms with Gasteiger partial charge in [0.25, 0.3) is 0 Å². The molecule has 0 aliphatic heterocycles. The molecule has 0 aromatic heterocycles. The van der Waals surface area contributed by atoms with Gasteiger partial charge >= 0.3 is 170 Å². The predicted molar refractivity (Wildman–Crippen MR) is 130 cm³/mol. The van der Waals surface area contributed by atoms with Crippen molar-refractivity contribution in [3.05, 3.63) is 134 Å². The Hall–Kier alpha value is -2.26. The van der Waals surface area contributed by atoms with E-state index in [1.54, 1.807) is 0 Å². The third kappa shape index (κ3) is 8.62. The normalized spacial score (nSPS) is 9.29. The Morgan fingerprint density at radius 3 is 0.679 bits per heavy atom. The van der Waals surface area contributed by atoms with Crippen LogP contribution in [0.15, 0.2) is 134 Å². The first-order valence-electron chi connectivity index (χ1n) is 9.14. The number of hydrogen-bond acceptors (Lipinski definition) is 0. The van der Waals surface area contributed by atoms with Crippen molar-refractivity contribution in [1.82, 2.24) is 0 Å². The Morgan fingerprint density at radius 1 is 0.321 bits per heavy atom. The molecule has 4 rings (SSSR count). The van der Waals surface area contributed by atoms with Crippen LogP contribution < -0.4 is 17.4 Å². The molecule has 0 atom stereocenters. The van der Waals surface area contributed by atoms with E-state index in [0.717, 1.165) is 0 Å². The van der Waals surface area contributed by atoms with Crippen LogP contribution in [0.25, 0.3) is 0 Å². The van der Waals surface area contributed by atoms with Crippen molar-refractivity contribution in [3.8, 4) is 0 Å². The summed E-state index contributed by atoms with van der Waals surface area (Å²) in [5, 5.41) is 0. The summed E-state index contributed by atoms with van der Waals surface area (Å²) in [6, 6.07) is 42.9. The van der Waals surface area contributed by atoms with Crippen LogP contribution in [0.2, 0.25) is 0 Å². The molecular formula is C26H26As2. The molecule has 0 nitrogen and oxygen atoms in total. The number of benzene rings is 4. The molecule has 0 N–H and O–H groups in total. The van der Waals surface area contributed by atoms with Gasteiger partial charge in [-0.1, -0.05) is 0 Å². The zero-order valence-corrected chi connectivity index (χ0v) is 20.2. The fourth-order valence-electron chi connectivity index (χ4n) is 2.42. The van der Waals surface area contributed by atoms with Crippen molar-refractivity contribution < 1.29 is 0 Å². The Bertz CT molecular complexity index is 724. The van der Waals surface area contributed by atoms with Crippen LogP contribution in [-0.4, -0.2) is 31.5 Å². The SMILES string of the molecule is C=C.c1ccc([AsH]c2ccccc2)cc1.c1ccc([AsH]c2ccccc2)cc1. The van der Waals surface area contributed by atoms with Crippen LogP contribution in [0.3, 0.4) is 0 Å². The van der Waals surface area contributed by atoms with E-state index in [0.29, 0.717) is 0 Å². The first-order valence-corrected chi connectivity index (χ1v) is 13.3. The van der Waals surface area contributed by atoms with E-state index in [1.807, 2.05) is 0 Å². The zero-order valence-electron chi connectivity index (χ0n) is 16.0. The topological polar surface area (TPSA) is 0 Å². The van der Waals surface area contributed by atoms with E-state index in [9.17, 15) is 0 Å². The molecule has 0 unspecified atom stereocenters. The van der Waals surface area contributed by atoms with Crippen LogP contribution >= 0.6 is 0 Å². The van der Waals surface area contributed by atoms with E-state index < -0.39 is 0 Å². The minimum atomic E-state index is -0.108. The van der Waals surface area contributed by atoms with E-state index in [-0.39, 0.29) is 31.5 Å². The van der Waals surface area contributed by atoms with Crippen molar-refractivity contribution in [3.63, 3.8) is 0 Å². The summed E-state index contributed by atoms with van der Waals surface area (Å²) in [4.78, 5) is 0. The van der Waals surface area contributed by atoms with E-state index in [2.05, 4.69) is 134 Å². The molecule has 0 saturated heterocycles. The molecule has 0 aliphatic carbocycles. The van der Waals surface area contributed by atoms with E-state index in [1.165, 1.54) is 17.4 Å². The minimum absolute atomic E-state index is 0.108. The first-order chi connectivity index (χ1) is 13.9. The van der Waals surface area contributed by atoms with Gasteiger partial charge in [0.1, 0.15) is 0 Å². The van der Waals surface area contributed by atoms with Gasteiger partial charge in [-0.3, -0.25) is 0 Å². The van der Waals surface area contributed by atoms with E-state index >= 15 is 0 Å². The summed E-state index contributed by atoms with van der Waals surface area (Å²) in [6.45, 7) is 6.00. The third-order valence-corrected chi connectivity index (χ3v) is 8.89. The molecule has 4 aromatic rings. The molecule has 0 radical (unpaired) electrons. The summed E-state index contributed by atoms with van der Waals surface area (Å²) in [6.07, 6.45) is 0. The van der Waals surface area contributed by atoms with Gasteiger partial charge in [0, 0.05) is 0 Å². The van der Waals surface area contributed by atoms with Gasteiger partial charge in [-0.2, -0.15) is 0 Å². The molecular weight excluding hydrogens is 462 g/mol. The van der Waals surface area contributed by atoms with Crippen LogP contribution in [-0.2, 0) is 0 Å². The standard InChI is InChI=1S/2C12H11As.C2H4/c2*1-3-7-11(8-4-1)13-12-9-5-2-6-10-12;1-2/h2*1-10,13H;1-2H2. The second-order valence-corrected chi connectivity index (χ2v) is 11.6. The molecule has 0 bridgehead atoms. The zero-order chi connectivity index (χ0) is 19.9. The maximum absolute atomic E-state index is 3.00. The predicted octanol–water partition coefficient (Wildman–Crippen LogP) is 2.95. The molecule has 2 heteroatoms. The average molecular weight is 488 g/mol. The van der Waals surface area contributed by atoms with Gasteiger partial charge in [0.2, 0.25) is 0 Å². The van der Waals surface area contributed by atoms with Crippen molar-refractivity contribution >= 4 is 48.9 Å². The quantitative estimate of drug-likeness (QED) is 0.306. The molecule has 0 aliphatic rings. The van der Waals surface area contributed by atoms with Gasteiger partial charge in [-0.25, -0.2) is 0 Å². The Morgan fingerprint density at radius 2 is 0.500 bits per heavy atom. The van der Waals surface area contributed by atoms with Gasteiger partial charge in [0.05, 0.1) is 0 Å². The van der Waals surface area contributed by atoms with Crippen LogP contribution in [0.1, 0.15) is 0 Å². The molecule has 140 valence electrons. The van der Waals surface area contributed by atoms with Crippen molar-refractivity contribution in [2.45, 2.75) is 0 Å². The Kier molecular flexibility index (Phi) is 10.9. The third-order valence-electron chi connectivity index (χ3n) is 3.67. The van der Waals surface area contributed by atoms with Crippen molar-refractivity contribution in [2.75, 3.05) is 0 Å². The van der Waals surface area contributed by atoms with Crippen LogP contribution in [0.4, 0.5) is 0 Å². The number of rotatable bonds is 4. The summed E-state index contributed by atoms with van der Waals surface area (Å²) >= 11 is -0.216. The van der Waals surface area contributed by atoms with Crippen LogP contribution in [0.5, 0.6) is 0 Å². The molecule has 0 fully saturated rings. The summed E-state index contributed by atoms with van der Waals surface area (Å²) in [5.41, 5.74) is 0. The van der Waals surface area contributed by atoms with Gasteiger partial charge in [-0.15, -0.1) is 13.2 Å². The number of hydrogen-bond donors (Lipinski definition) is 0. The van der Waals surface area contributed by atoms with Crippen LogP contribution in [0, 0.1) is 0 Å². The second kappa shape index (κ2) is 13.8. The monoisotopic (exact) mass is 488 g/mol. The van der Waals surface area contributed by atoms with Crippen molar-refractivity contribution in [1.29, 1.82) is 0 Å². The molecule has 4 aromatic carbocycles. The summed E-state index contributed by atoms with van der Waals surface area (Å²) < 4.78 is 5.98. The maximum atomic E-state index is 3.00. The van der Waals surface area contributed by atoms with Gasteiger partial charge in [-0.05, 0) is 0 Å². The molecule has 0 heterocycles. The second-order valence-electron chi connectivity index (χ2n) is 5.71. The fourth-order valence-corrected chi connectivity index (χ4v) is 6.83. The van der Waals surface area contributed by atoms with Gasteiger partial charge in [0.15, 0.2) is 0 Å². The average Bonchev–Trinajstić information content (AvgIpc) is 2.79. The van der Waals surface area contributed by atoms with Gasteiger partial charge < -0.3 is 0 Å². The Balaban J connectivity index is 0.000000184. The fraction of sp³-hybridized carbons (Fsp3) is 0. The van der Waals surface area contributed by atoms with Crippen molar-refractivity contribution in [2.24, 2.45) is 0 Å². The van der Waals surface area contributed by atoms with E-state index in [4.69, 9.17) is 0 Å². The molecule has 0 amide bonds. The summed E-state index contributed by atoms with van der Waals surface area (Å²) in [5.74, 6) is 0. The molecule has 28 heavy (non-hydrogen) atoms. The first kappa shape index (κ1) is 22.0. The molecule has 0 spiro atoms.